The maximum Gasteiger partial charge on any atom is 0.325 e. The molecule has 1 aliphatic rings. The molecule has 0 aliphatic carbocycles. The third kappa shape index (κ3) is 7.16. The zero-order valence-electron chi connectivity index (χ0n) is 13.7. The highest BCUT2D eigenvalue weighted by molar-refractivity contribution is 7.51. The molecule has 24 heavy (non-hydrogen) atoms. The molecule has 0 aromatic carbocycles. The Morgan fingerprint density at radius 1 is 1.42 bits per heavy atom. The zero-order valence-corrected chi connectivity index (χ0v) is 14.6. The Balaban J connectivity index is 2.56. The van der Waals surface area contributed by atoms with Gasteiger partial charge in [-0.2, -0.15) is 0 Å². The van der Waals surface area contributed by atoms with Gasteiger partial charge in [-0.15, -0.1) is 5.06 Å². The van der Waals surface area contributed by atoms with Crippen LogP contribution in [0.1, 0.15) is 19.8 Å². The van der Waals surface area contributed by atoms with Gasteiger partial charge in [0.2, 0.25) is 5.91 Å². The predicted octanol–water partition coefficient (Wildman–Crippen LogP) is -1.50. The molecule has 0 spiro atoms. The number of carbonyl (C=O) groups is 1. The van der Waals surface area contributed by atoms with E-state index in [9.17, 15) is 19.6 Å². The maximum atomic E-state index is 11.6. The summed E-state index contributed by atoms with van der Waals surface area (Å²) in [6.45, 7) is 2.56. The van der Waals surface area contributed by atoms with Gasteiger partial charge in [0, 0.05) is 13.2 Å². The first-order valence-electron chi connectivity index (χ1n) is 7.55. The average Bonchev–Trinajstić information content (AvgIpc) is 2.49. The van der Waals surface area contributed by atoms with Crippen LogP contribution in [0.4, 0.5) is 0 Å². The molecule has 0 aromatic heterocycles. The minimum Gasteiger partial charge on any atom is -0.374 e. The highest BCUT2D eigenvalue weighted by atomic mass is 31.2. The lowest BCUT2D eigenvalue weighted by Crippen LogP contribution is -2.62. The highest BCUT2D eigenvalue weighted by Gasteiger charge is 2.42. The van der Waals surface area contributed by atoms with Crippen molar-refractivity contribution in [2.24, 2.45) is 0 Å². The van der Waals surface area contributed by atoms with E-state index in [1.807, 2.05) is 6.92 Å². The molecule has 12 heteroatoms. The van der Waals surface area contributed by atoms with Crippen LogP contribution in [0.2, 0.25) is 0 Å². The van der Waals surface area contributed by atoms with Crippen LogP contribution in [0.15, 0.2) is 0 Å². The summed E-state index contributed by atoms with van der Waals surface area (Å²) in [4.78, 5) is 25.8. The van der Waals surface area contributed by atoms with Crippen molar-refractivity contribution in [2.75, 3.05) is 26.4 Å². The van der Waals surface area contributed by atoms with Crippen molar-refractivity contribution in [3.8, 4) is 0 Å². The molecular weight excluding hydrogens is 342 g/mol. The molecule has 1 amide bonds. The number of amides is 1. The minimum atomic E-state index is -3.78. The SMILES string of the molecule is [B]C1OC(COP(C)(=O)O)C(O)N(OCC(=O)NCCCC)C1O. The number of hydroxylamine groups is 2. The van der Waals surface area contributed by atoms with Gasteiger partial charge in [-0.1, -0.05) is 13.3 Å². The van der Waals surface area contributed by atoms with Crippen molar-refractivity contribution >= 4 is 21.3 Å². The first-order chi connectivity index (χ1) is 11.2. The van der Waals surface area contributed by atoms with Gasteiger partial charge in [-0.05, 0) is 6.42 Å². The first-order valence-corrected chi connectivity index (χ1v) is 9.58. The number of nitrogens with zero attached hydrogens (tertiary/aromatic N) is 1. The lowest BCUT2D eigenvalue weighted by atomic mass is 9.96. The standard InChI is InChI=1S/C12H24BN2O8P/c1-3-4-5-14-9(16)7-21-15-11(17)8(6-22-24(2,19)20)23-10(13)12(15)18/h8,10-12,17-18H,3-7H2,1-2H3,(H,14,16)(H,19,20). The van der Waals surface area contributed by atoms with Gasteiger partial charge < -0.3 is 29.7 Å². The van der Waals surface area contributed by atoms with Gasteiger partial charge in [0.05, 0.1) is 12.6 Å². The molecule has 1 aliphatic heterocycles. The Morgan fingerprint density at radius 2 is 2.08 bits per heavy atom. The van der Waals surface area contributed by atoms with E-state index in [0.29, 0.717) is 11.6 Å². The smallest absolute Gasteiger partial charge is 0.325 e. The highest BCUT2D eigenvalue weighted by Crippen LogP contribution is 2.37. The largest absolute Gasteiger partial charge is 0.374 e. The van der Waals surface area contributed by atoms with E-state index in [-0.39, 0.29) is 0 Å². The third-order valence-corrected chi connectivity index (χ3v) is 3.78. The molecule has 0 bridgehead atoms. The van der Waals surface area contributed by atoms with Crippen LogP contribution in [0.5, 0.6) is 0 Å². The van der Waals surface area contributed by atoms with E-state index in [4.69, 9.17) is 22.3 Å². The molecule has 1 saturated heterocycles. The van der Waals surface area contributed by atoms with Crippen molar-refractivity contribution < 1.29 is 38.6 Å². The quantitative estimate of drug-likeness (QED) is 0.218. The number of rotatable bonds is 9. The molecule has 5 unspecified atom stereocenters. The Hall–Kier alpha value is -0.515. The molecule has 138 valence electrons. The summed E-state index contributed by atoms with van der Waals surface area (Å²) < 4.78 is 21.0. The Bertz CT molecular complexity index is 451. The molecule has 1 heterocycles. The van der Waals surface area contributed by atoms with Gasteiger partial charge in [0.15, 0.2) is 6.23 Å². The number of ether oxygens (including phenoxy) is 1. The van der Waals surface area contributed by atoms with Gasteiger partial charge in [-0.3, -0.25) is 14.2 Å². The summed E-state index contributed by atoms with van der Waals surface area (Å²) in [6, 6.07) is -1.26. The summed E-state index contributed by atoms with van der Waals surface area (Å²) >= 11 is 0. The monoisotopic (exact) mass is 366 g/mol. The number of hydrogen-bond donors (Lipinski definition) is 4. The van der Waals surface area contributed by atoms with Crippen molar-refractivity contribution in [1.29, 1.82) is 0 Å². The third-order valence-electron chi connectivity index (χ3n) is 3.16. The number of unbranched alkanes of at least 4 members (excludes halogenated alkanes) is 1. The Labute approximate surface area is 142 Å². The van der Waals surface area contributed by atoms with E-state index in [0.717, 1.165) is 19.5 Å². The van der Waals surface area contributed by atoms with Gasteiger partial charge >= 0.3 is 7.60 Å². The summed E-state index contributed by atoms with van der Waals surface area (Å²) in [5.41, 5.74) is 0. The number of aliphatic hydroxyl groups excluding tert-OH is 2. The first kappa shape index (κ1) is 21.5. The minimum absolute atomic E-state index is 0.427. The van der Waals surface area contributed by atoms with Crippen LogP contribution in [0.3, 0.4) is 0 Å². The van der Waals surface area contributed by atoms with Crippen molar-refractivity contribution in [2.45, 2.75) is 44.3 Å². The second-order valence-electron chi connectivity index (χ2n) is 5.40. The molecule has 4 N–H and O–H groups in total. The van der Waals surface area contributed by atoms with E-state index < -0.39 is 51.3 Å². The summed E-state index contributed by atoms with van der Waals surface area (Å²) in [5.74, 6) is -0.427. The van der Waals surface area contributed by atoms with Crippen LogP contribution < -0.4 is 5.32 Å². The number of nitrogens with one attached hydrogen (secondary N) is 1. The van der Waals surface area contributed by atoms with Crippen LogP contribution in [0.25, 0.3) is 0 Å². The second-order valence-corrected chi connectivity index (χ2v) is 7.27. The summed E-state index contributed by atoms with van der Waals surface area (Å²) in [6.07, 6.45) is -2.48. The van der Waals surface area contributed by atoms with E-state index in [1.165, 1.54) is 0 Å². The lowest BCUT2D eigenvalue weighted by molar-refractivity contribution is -0.364. The second kappa shape index (κ2) is 9.84. The molecule has 1 rings (SSSR count). The molecule has 0 aromatic rings. The van der Waals surface area contributed by atoms with Gasteiger partial charge in [0.25, 0.3) is 0 Å². The van der Waals surface area contributed by atoms with E-state index >= 15 is 0 Å². The summed E-state index contributed by atoms with van der Waals surface area (Å²) in [7, 11) is 1.79. The van der Waals surface area contributed by atoms with Crippen LogP contribution in [-0.2, 0) is 23.5 Å². The van der Waals surface area contributed by atoms with Crippen LogP contribution >= 0.6 is 7.60 Å². The Kier molecular flexibility index (Phi) is 8.82. The lowest BCUT2D eigenvalue weighted by Gasteiger charge is -2.43. The number of carbonyl (C=O) groups excluding carboxylic acids is 1. The molecule has 2 radical (unpaired) electrons. The zero-order chi connectivity index (χ0) is 18.3. The molecule has 5 atom stereocenters. The normalized spacial score (nSPS) is 30.7. The topological polar surface area (TPSA) is 138 Å². The maximum absolute atomic E-state index is 11.6. The molecule has 10 nitrogen and oxygen atoms in total. The van der Waals surface area contributed by atoms with Crippen molar-refractivity contribution in [3.05, 3.63) is 0 Å². The average molecular weight is 366 g/mol. The number of hydrogen-bond acceptors (Lipinski definition) is 8. The van der Waals surface area contributed by atoms with Crippen LogP contribution in [-0.4, -0.2) is 84.9 Å². The summed E-state index contributed by atoms with van der Waals surface area (Å²) in [5, 5.41) is 23.3. The number of aliphatic hydroxyl groups is 2. The van der Waals surface area contributed by atoms with Gasteiger partial charge in [-0.25, -0.2) is 0 Å². The predicted molar refractivity (Wildman–Crippen MR) is 83.8 cm³/mol. The van der Waals surface area contributed by atoms with Crippen LogP contribution in [0, 0.1) is 0 Å². The van der Waals surface area contributed by atoms with E-state index in [1.54, 1.807) is 0 Å². The fraction of sp³-hybridized carbons (Fsp3) is 0.917. The van der Waals surface area contributed by atoms with Crippen molar-refractivity contribution in [1.82, 2.24) is 10.4 Å². The van der Waals surface area contributed by atoms with E-state index in [2.05, 4.69) is 9.84 Å². The number of morpholine rings is 1. The molecular formula is C12H24BN2O8P. The Morgan fingerprint density at radius 3 is 2.67 bits per heavy atom. The fourth-order valence-electron chi connectivity index (χ4n) is 1.89. The molecule has 1 fully saturated rings. The fourth-order valence-corrected chi connectivity index (χ4v) is 2.31. The molecule has 0 saturated carbocycles. The van der Waals surface area contributed by atoms with Crippen molar-refractivity contribution in [3.63, 3.8) is 0 Å². The van der Waals surface area contributed by atoms with Gasteiger partial charge in [0.1, 0.15) is 26.8 Å².